The van der Waals surface area contributed by atoms with Crippen molar-refractivity contribution in [1.29, 1.82) is 0 Å². The number of hydrogen-bond donors (Lipinski definition) is 2. The molecule has 18 heavy (non-hydrogen) atoms. The molecule has 0 radical (unpaired) electrons. The normalized spacial score (nSPS) is 10.6. The van der Waals surface area contributed by atoms with Crippen LogP contribution in [0.15, 0.2) is 53.5 Å². The maximum Gasteiger partial charge on any atom is 0.144 e. The third-order valence-electron chi connectivity index (χ3n) is 2.55. The molecule has 0 aliphatic carbocycles. The van der Waals surface area contributed by atoms with Gasteiger partial charge >= 0.3 is 0 Å². The quantitative estimate of drug-likeness (QED) is 0.492. The minimum atomic E-state index is 0.653. The van der Waals surface area contributed by atoms with Crippen LogP contribution in [0.1, 0.15) is 0 Å². The average molecular weight is 242 g/mol. The molecule has 2 N–H and O–H groups in total. The summed E-state index contributed by atoms with van der Waals surface area (Å²) in [4.78, 5) is 4.07. The SMILES string of the molecule is COc1ccc(-c2ccccc2)cc1N=CNO. The Bertz CT molecular complexity index is 539. The monoisotopic (exact) mass is 242 g/mol. The molecule has 0 unspecified atom stereocenters. The van der Waals surface area contributed by atoms with Crippen molar-refractivity contribution in [3.05, 3.63) is 48.5 Å². The Kier molecular flexibility index (Phi) is 3.94. The lowest BCUT2D eigenvalue weighted by atomic mass is 10.1. The first-order valence-corrected chi connectivity index (χ1v) is 5.51. The molecular formula is C14H14N2O2. The lowest BCUT2D eigenvalue weighted by Gasteiger charge is -2.07. The van der Waals surface area contributed by atoms with Crippen LogP contribution in [-0.2, 0) is 0 Å². The van der Waals surface area contributed by atoms with E-state index in [2.05, 4.69) is 4.99 Å². The van der Waals surface area contributed by atoms with Gasteiger partial charge in [-0.25, -0.2) is 4.99 Å². The van der Waals surface area contributed by atoms with Crippen LogP contribution in [0.3, 0.4) is 0 Å². The van der Waals surface area contributed by atoms with Gasteiger partial charge in [-0.1, -0.05) is 36.4 Å². The van der Waals surface area contributed by atoms with Crippen LogP contribution in [0, 0.1) is 0 Å². The summed E-state index contributed by atoms with van der Waals surface area (Å²) in [6.45, 7) is 0. The second kappa shape index (κ2) is 5.84. The van der Waals surface area contributed by atoms with Crippen molar-refractivity contribution in [2.24, 2.45) is 4.99 Å². The molecule has 0 bridgehead atoms. The molecular weight excluding hydrogens is 228 g/mol. The van der Waals surface area contributed by atoms with Gasteiger partial charge in [0.25, 0.3) is 0 Å². The highest BCUT2D eigenvalue weighted by Gasteiger charge is 2.04. The van der Waals surface area contributed by atoms with Gasteiger partial charge in [0.05, 0.1) is 7.11 Å². The summed E-state index contributed by atoms with van der Waals surface area (Å²) in [5.41, 5.74) is 4.68. The van der Waals surface area contributed by atoms with Crippen molar-refractivity contribution in [1.82, 2.24) is 5.48 Å². The van der Waals surface area contributed by atoms with Crippen molar-refractivity contribution in [2.45, 2.75) is 0 Å². The van der Waals surface area contributed by atoms with Crippen molar-refractivity contribution >= 4 is 12.0 Å². The fourth-order valence-electron chi connectivity index (χ4n) is 1.70. The van der Waals surface area contributed by atoms with Crippen molar-refractivity contribution in [2.75, 3.05) is 7.11 Å². The third kappa shape index (κ3) is 2.67. The Morgan fingerprint density at radius 3 is 2.56 bits per heavy atom. The highest BCUT2D eigenvalue weighted by Crippen LogP contribution is 2.32. The van der Waals surface area contributed by atoms with Crippen LogP contribution in [0.4, 0.5) is 5.69 Å². The standard InChI is InChI=1S/C14H14N2O2/c1-18-14-8-7-12(9-13(14)15-10-16-17)11-5-3-2-4-6-11/h2-10,17H,1H3,(H,15,16). The summed E-state index contributed by atoms with van der Waals surface area (Å²) < 4.78 is 5.21. The van der Waals surface area contributed by atoms with Gasteiger partial charge in [0.1, 0.15) is 17.8 Å². The highest BCUT2D eigenvalue weighted by atomic mass is 16.5. The number of ether oxygens (including phenoxy) is 1. The number of rotatable bonds is 4. The molecule has 0 saturated heterocycles. The minimum Gasteiger partial charge on any atom is -0.494 e. The zero-order valence-electron chi connectivity index (χ0n) is 10.00. The van der Waals surface area contributed by atoms with Crippen LogP contribution in [0.2, 0.25) is 0 Å². The lowest BCUT2D eigenvalue weighted by molar-refractivity contribution is 0.240. The summed E-state index contributed by atoms with van der Waals surface area (Å²) in [5.74, 6) is 0.654. The lowest BCUT2D eigenvalue weighted by Crippen LogP contribution is -2.01. The topological polar surface area (TPSA) is 53.8 Å². The Balaban J connectivity index is 2.43. The van der Waals surface area contributed by atoms with Crippen LogP contribution in [0.25, 0.3) is 11.1 Å². The van der Waals surface area contributed by atoms with Crippen LogP contribution >= 0.6 is 0 Å². The largest absolute Gasteiger partial charge is 0.494 e. The zero-order chi connectivity index (χ0) is 12.8. The van der Waals surface area contributed by atoms with Gasteiger partial charge in [-0.05, 0) is 23.3 Å². The van der Waals surface area contributed by atoms with Crippen molar-refractivity contribution < 1.29 is 9.94 Å². The van der Waals surface area contributed by atoms with E-state index in [1.165, 1.54) is 6.34 Å². The second-order valence-electron chi connectivity index (χ2n) is 3.64. The van der Waals surface area contributed by atoms with Gasteiger partial charge in [0.15, 0.2) is 0 Å². The molecule has 2 rings (SSSR count). The number of hydroxylamine groups is 1. The third-order valence-corrected chi connectivity index (χ3v) is 2.55. The van der Waals surface area contributed by atoms with Crippen molar-refractivity contribution in [3.63, 3.8) is 0 Å². The molecule has 2 aromatic carbocycles. The number of benzene rings is 2. The smallest absolute Gasteiger partial charge is 0.144 e. The zero-order valence-corrected chi connectivity index (χ0v) is 10.00. The molecule has 0 atom stereocenters. The highest BCUT2D eigenvalue weighted by molar-refractivity contribution is 5.73. The summed E-state index contributed by atoms with van der Waals surface area (Å²) >= 11 is 0. The molecule has 0 amide bonds. The number of methoxy groups -OCH3 is 1. The Morgan fingerprint density at radius 1 is 1.11 bits per heavy atom. The first-order chi connectivity index (χ1) is 8.85. The van der Waals surface area contributed by atoms with Crippen LogP contribution in [-0.4, -0.2) is 18.7 Å². The summed E-state index contributed by atoms with van der Waals surface area (Å²) in [5, 5.41) is 8.54. The second-order valence-corrected chi connectivity index (χ2v) is 3.64. The fourth-order valence-corrected chi connectivity index (χ4v) is 1.70. The molecule has 4 nitrogen and oxygen atoms in total. The average Bonchev–Trinajstić information content (AvgIpc) is 2.45. The van der Waals surface area contributed by atoms with Gasteiger partial charge in [-0.3, -0.25) is 10.7 Å². The van der Waals surface area contributed by atoms with Crippen LogP contribution < -0.4 is 10.2 Å². The van der Waals surface area contributed by atoms with E-state index < -0.39 is 0 Å². The predicted molar refractivity (Wildman–Crippen MR) is 71.5 cm³/mol. The van der Waals surface area contributed by atoms with Crippen LogP contribution in [0.5, 0.6) is 5.75 Å². The number of nitrogens with zero attached hydrogens (tertiary/aromatic N) is 1. The Morgan fingerprint density at radius 2 is 1.89 bits per heavy atom. The maximum atomic E-state index is 8.54. The van der Waals surface area contributed by atoms with E-state index in [1.54, 1.807) is 7.11 Å². The van der Waals surface area contributed by atoms with E-state index >= 15 is 0 Å². The van der Waals surface area contributed by atoms with E-state index in [0.717, 1.165) is 11.1 Å². The maximum absolute atomic E-state index is 8.54. The Hall–Kier alpha value is -2.33. The molecule has 0 aliphatic heterocycles. The fraction of sp³-hybridized carbons (Fsp3) is 0.0714. The molecule has 0 saturated carbocycles. The first kappa shape index (κ1) is 12.1. The van der Waals surface area contributed by atoms with E-state index in [1.807, 2.05) is 54.0 Å². The van der Waals surface area contributed by atoms with Gasteiger partial charge in [-0.2, -0.15) is 0 Å². The Labute approximate surface area is 106 Å². The molecule has 0 aliphatic rings. The van der Waals surface area contributed by atoms with Crippen molar-refractivity contribution in [3.8, 4) is 16.9 Å². The van der Waals surface area contributed by atoms with E-state index in [0.29, 0.717) is 11.4 Å². The molecule has 0 aromatic heterocycles. The van der Waals surface area contributed by atoms with Gasteiger partial charge in [0.2, 0.25) is 0 Å². The van der Waals surface area contributed by atoms with E-state index in [-0.39, 0.29) is 0 Å². The summed E-state index contributed by atoms with van der Waals surface area (Å²) in [6.07, 6.45) is 1.20. The van der Waals surface area contributed by atoms with E-state index in [4.69, 9.17) is 9.94 Å². The molecule has 2 aromatic rings. The number of aliphatic imine (C=N–C) groups is 1. The predicted octanol–water partition coefficient (Wildman–Crippen LogP) is 3.00. The summed E-state index contributed by atoms with van der Waals surface area (Å²) in [6, 6.07) is 15.7. The van der Waals surface area contributed by atoms with Gasteiger partial charge < -0.3 is 4.74 Å². The van der Waals surface area contributed by atoms with Gasteiger partial charge in [-0.15, -0.1) is 0 Å². The molecule has 92 valence electrons. The molecule has 0 fully saturated rings. The summed E-state index contributed by atoms with van der Waals surface area (Å²) in [7, 11) is 1.59. The molecule has 0 heterocycles. The molecule has 0 spiro atoms. The first-order valence-electron chi connectivity index (χ1n) is 5.51. The minimum absolute atomic E-state index is 0.653. The number of hydrogen-bond acceptors (Lipinski definition) is 3. The molecule has 4 heteroatoms. The number of nitrogens with one attached hydrogen (secondary N) is 1. The van der Waals surface area contributed by atoms with Gasteiger partial charge in [0, 0.05) is 0 Å². The van der Waals surface area contributed by atoms with E-state index in [9.17, 15) is 0 Å².